The molecule has 15 nitrogen and oxygen atoms in total. The van der Waals surface area contributed by atoms with Crippen LogP contribution in [-0.2, 0) is 53.0 Å². The van der Waals surface area contributed by atoms with Crippen molar-refractivity contribution in [3.05, 3.63) is 23.8 Å². The molecule has 0 radical (unpaired) electrons. The molecule has 0 aliphatic rings. The molecular formula is C16H23N5O10S2. The number of carbonyl (C=O) groups is 3. The van der Waals surface area contributed by atoms with Crippen molar-refractivity contribution in [2.45, 2.75) is 16.2 Å². The van der Waals surface area contributed by atoms with Gasteiger partial charge >= 0.3 is 17.9 Å². The van der Waals surface area contributed by atoms with Crippen molar-refractivity contribution in [3.8, 4) is 0 Å². The molecule has 0 saturated heterocycles. The average molecular weight is 510 g/mol. The van der Waals surface area contributed by atoms with E-state index in [-0.39, 0.29) is 27.6 Å². The van der Waals surface area contributed by atoms with Gasteiger partial charge < -0.3 is 14.2 Å². The second-order valence-corrected chi connectivity index (χ2v) is 9.81. The molecular weight excluding hydrogens is 486 g/mol. The molecule has 2 N–H and O–H groups in total. The van der Waals surface area contributed by atoms with Crippen LogP contribution in [0.3, 0.4) is 0 Å². The Morgan fingerprint density at radius 1 is 0.848 bits per heavy atom. The molecule has 0 bridgehead atoms. The number of primary sulfonamides is 1. The SMILES string of the molecule is COC(=O)CCS(=O)(=O)c1cn(C)nc1C(=O)OC.COC(=O)c1nn(C)cc1S(N)(=O)=O. The molecule has 33 heavy (non-hydrogen) atoms. The molecule has 0 aliphatic heterocycles. The summed E-state index contributed by atoms with van der Waals surface area (Å²) in [5.74, 6) is -2.80. The first-order valence-corrected chi connectivity index (χ1v) is 11.9. The number of hydrogen-bond donors (Lipinski definition) is 1. The number of nitrogens with two attached hydrogens (primary N) is 1. The smallest absolute Gasteiger partial charge is 0.359 e. The summed E-state index contributed by atoms with van der Waals surface area (Å²) < 4.78 is 61.6. The van der Waals surface area contributed by atoms with Gasteiger partial charge in [-0.15, -0.1) is 0 Å². The van der Waals surface area contributed by atoms with Crippen molar-refractivity contribution in [2.75, 3.05) is 27.1 Å². The van der Waals surface area contributed by atoms with E-state index in [0.29, 0.717) is 0 Å². The quantitative estimate of drug-likeness (QED) is 0.330. The lowest BCUT2D eigenvalue weighted by Gasteiger charge is -2.03. The molecule has 0 fully saturated rings. The van der Waals surface area contributed by atoms with Crippen LogP contribution in [0.15, 0.2) is 22.2 Å². The number of esters is 3. The van der Waals surface area contributed by atoms with E-state index in [4.69, 9.17) is 5.14 Å². The Morgan fingerprint density at radius 3 is 1.67 bits per heavy atom. The zero-order valence-corrected chi connectivity index (χ0v) is 20.0. The zero-order chi connectivity index (χ0) is 25.6. The lowest BCUT2D eigenvalue weighted by Crippen LogP contribution is -2.16. The first kappa shape index (κ1) is 27.7. The number of aryl methyl sites for hydroxylation is 2. The van der Waals surface area contributed by atoms with Gasteiger partial charge in [0.15, 0.2) is 21.2 Å². The zero-order valence-electron chi connectivity index (χ0n) is 18.3. The lowest BCUT2D eigenvalue weighted by molar-refractivity contribution is -0.140. The summed E-state index contributed by atoms with van der Waals surface area (Å²) in [5, 5.41) is 12.2. The van der Waals surface area contributed by atoms with Gasteiger partial charge in [-0.05, 0) is 0 Å². The highest BCUT2D eigenvalue weighted by molar-refractivity contribution is 7.91. The minimum absolute atomic E-state index is 0.259. The van der Waals surface area contributed by atoms with Gasteiger partial charge in [-0.25, -0.2) is 31.6 Å². The number of nitrogens with zero attached hydrogens (tertiary/aromatic N) is 4. The van der Waals surface area contributed by atoms with Gasteiger partial charge in [0.1, 0.15) is 9.79 Å². The third-order valence-electron chi connectivity index (χ3n) is 3.79. The Balaban J connectivity index is 0.000000346. The first-order chi connectivity index (χ1) is 15.2. The van der Waals surface area contributed by atoms with Crippen LogP contribution >= 0.6 is 0 Å². The van der Waals surface area contributed by atoms with Crippen molar-refractivity contribution < 1.29 is 45.4 Å². The van der Waals surface area contributed by atoms with E-state index in [1.165, 1.54) is 36.8 Å². The molecule has 0 spiro atoms. The van der Waals surface area contributed by atoms with Crippen LogP contribution in [0, 0.1) is 0 Å². The average Bonchev–Trinajstić information content (AvgIpc) is 3.34. The highest BCUT2D eigenvalue weighted by Crippen LogP contribution is 2.17. The van der Waals surface area contributed by atoms with Crippen LogP contribution in [0.4, 0.5) is 0 Å². The second kappa shape index (κ2) is 11.0. The van der Waals surface area contributed by atoms with Crippen LogP contribution < -0.4 is 5.14 Å². The van der Waals surface area contributed by atoms with E-state index in [2.05, 4.69) is 24.4 Å². The van der Waals surface area contributed by atoms with E-state index in [0.717, 1.165) is 20.4 Å². The Morgan fingerprint density at radius 2 is 1.27 bits per heavy atom. The van der Waals surface area contributed by atoms with Crippen molar-refractivity contribution in [1.29, 1.82) is 0 Å². The number of carbonyl (C=O) groups excluding carboxylic acids is 3. The highest BCUT2D eigenvalue weighted by Gasteiger charge is 2.27. The molecule has 184 valence electrons. The van der Waals surface area contributed by atoms with Gasteiger partial charge in [0, 0.05) is 26.5 Å². The third kappa shape index (κ3) is 7.36. The van der Waals surface area contributed by atoms with E-state index in [9.17, 15) is 31.2 Å². The van der Waals surface area contributed by atoms with Crippen molar-refractivity contribution in [3.63, 3.8) is 0 Å². The fraction of sp³-hybridized carbons (Fsp3) is 0.438. The second-order valence-electron chi connectivity index (χ2n) is 6.20. The van der Waals surface area contributed by atoms with E-state index in [1.54, 1.807) is 0 Å². The van der Waals surface area contributed by atoms with Crippen molar-refractivity contribution in [2.24, 2.45) is 19.2 Å². The largest absolute Gasteiger partial charge is 0.469 e. The molecule has 2 aromatic rings. The maximum Gasteiger partial charge on any atom is 0.359 e. The number of methoxy groups -OCH3 is 3. The van der Waals surface area contributed by atoms with Crippen LogP contribution in [0.25, 0.3) is 0 Å². The summed E-state index contributed by atoms with van der Waals surface area (Å²) in [6.07, 6.45) is 2.04. The Labute approximate surface area is 189 Å². The molecule has 0 aromatic carbocycles. The molecule has 2 heterocycles. The fourth-order valence-electron chi connectivity index (χ4n) is 2.28. The summed E-state index contributed by atoms with van der Waals surface area (Å²) in [6.45, 7) is 0. The topological polar surface area (TPSA) is 209 Å². The monoisotopic (exact) mass is 509 g/mol. The van der Waals surface area contributed by atoms with Gasteiger partial charge in [-0.2, -0.15) is 10.2 Å². The van der Waals surface area contributed by atoms with Crippen LogP contribution in [0.2, 0.25) is 0 Å². The van der Waals surface area contributed by atoms with E-state index < -0.39 is 43.5 Å². The third-order valence-corrected chi connectivity index (χ3v) is 6.41. The molecule has 2 aromatic heterocycles. The predicted molar refractivity (Wildman–Crippen MR) is 109 cm³/mol. The summed E-state index contributed by atoms with van der Waals surface area (Å²) in [6, 6.07) is 0. The lowest BCUT2D eigenvalue weighted by atomic mass is 10.4. The van der Waals surface area contributed by atoms with Gasteiger partial charge in [0.05, 0.1) is 33.5 Å². The fourth-order valence-corrected chi connectivity index (χ4v) is 4.36. The summed E-state index contributed by atoms with van der Waals surface area (Å²) in [5.41, 5.74) is -0.604. The number of sulfone groups is 1. The molecule has 0 saturated carbocycles. The predicted octanol–water partition coefficient (Wildman–Crippen LogP) is -1.60. The number of hydrogen-bond acceptors (Lipinski definition) is 12. The minimum atomic E-state index is -3.95. The standard InChI is InChI=1S/C10H14N2O6S.C6H9N3O4S/c1-12-6-7(9(11-12)10(14)18-3)19(15,16)5-4-8(13)17-2;1-9-3-4(14(7,11)12)5(8-9)6(10)13-2/h6H,4-5H2,1-3H3;3H,1-2H3,(H2,7,11,12). The van der Waals surface area contributed by atoms with Gasteiger partial charge in [-0.1, -0.05) is 0 Å². The number of rotatable bonds is 7. The minimum Gasteiger partial charge on any atom is -0.469 e. The van der Waals surface area contributed by atoms with Crippen molar-refractivity contribution in [1.82, 2.24) is 19.6 Å². The number of ether oxygens (including phenoxy) is 3. The number of sulfonamides is 1. The molecule has 0 aliphatic carbocycles. The van der Waals surface area contributed by atoms with Gasteiger partial charge in [-0.3, -0.25) is 14.2 Å². The molecule has 0 atom stereocenters. The van der Waals surface area contributed by atoms with Crippen LogP contribution in [-0.4, -0.2) is 81.4 Å². The molecule has 2 rings (SSSR count). The molecule has 17 heteroatoms. The van der Waals surface area contributed by atoms with Crippen LogP contribution in [0.1, 0.15) is 27.4 Å². The van der Waals surface area contributed by atoms with Gasteiger partial charge in [0.25, 0.3) is 0 Å². The summed E-state index contributed by atoms with van der Waals surface area (Å²) >= 11 is 0. The van der Waals surface area contributed by atoms with E-state index in [1.807, 2.05) is 0 Å². The van der Waals surface area contributed by atoms with Crippen LogP contribution in [0.5, 0.6) is 0 Å². The maximum atomic E-state index is 12.0. The first-order valence-electron chi connectivity index (χ1n) is 8.74. The summed E-state index contributed by atoms with van der Waals surface area (Å²) in [7, 11) is -1.39. The maximum absolute atomic E-state index is 12.0. The van der Waals surface area contributed by atoms with Crippen molar-refractivity contribution >= 4 is 37.8 Å². The Kier molecular flexibility index (Phi) is 9.25. The Hall–Kier alpha value is -3.31. The molecule has 0 amide bonds. The van der Waals surface area contributed by atoms with E-state index >= 15 is 0 Å². The summed E-state index contributed by atoms with van der Waals surface area (Å²) in [4.78, 5) is 32.9. The normalized spacial score (nSPS) is 11.2. The number of aromatic nitrogens is 4. The molecule has 0 unspecified atom stereocenters. The highest BCUT2D eigenvalue weighted by atomic mass is 32.2. The van der Waals surface area contributed by atoms with Gasteiger partial charge in [0.2, 0.25) is 10.0 Å². The Bertz CT molecular complexity index is 1240.